The molecule has 0 radical (unpaired) electrons. The first kappa shape index (κ1) is 24.8. The van der Waals surface area contributed by atoms with Crippen LogP contribution in [0.15, 0.2) is 42.7 Å². The zero-order valence-corrected chi connectivity index (χ0v) is 17.6. The van der Waals surface area contributed by atoms with Gasteiger partial charge in [-0.25, -0.2) is 8.78 Å². The number of carbonyl (C=O) groups excluding carboxylic acids is 2. The van der Waals surface area contributed by atoms with Gasteiger partial charge in [0.2, 0.25) is 5.91 Å². The minimum Gasteiger partial charge on any atom is -0.406 e. The lowest BCUT2D eigenvalue weighted by Gasteiger charge is -2.18. The summed E-state index contributed by atoms with van der Waals surface area (Å²) in [5.74, 6) is -4.64. The van der Waals surface area contributed by atoms with Crippen molar-refractivity contribution in [3.8, 4) is 11.8 Å². The number of ketones is 1. The number of halogens is 5. The maximum absolute atomic E-state index is 13.5. The van der Waals surface area contributed by atoms with Crippen LogP contribution in [0, 0.1) is 11.3 Å². The second-order valence-electron chi connectivity index (χ2n) is 7.56. The molecule has 34 heavy (non-hydrogen) atoms. The van der Waals surface area contributed by atoms with Crippen LogP contribution in [-0.2, 0) is 4.79 Å². The number of aromatic nitrogens is 1. The van der Waals surface area contributed by atoms with E-state index in [0.29, 0.717) is 11.1 Å². The largest absolute Gasteiger partial charge is 0.573 e. The molecule has 0 saturated carbocycles. The van der Waals surface area contributed by atoms with E-state index in [0.717, 1.165) is 17.0 Å². The molecule has 0 bridgehead atoms. The summed E-state index contributed by atoms with van der Waals surface area (Å²) in [6.45, 7) is -0.853. The predicted molar refractivity (Wildman–Crippen MR) is 111 cm³/mol. The Labute approximate surface area is 191 Å². The summed E-state index contributed by atoms with van der Waals surface area (Å²) in [5, 5.41) is 9.01. The van der Waals surface area contributed by atoms with Crippen molar-refractivity contribution >= 4 is 23.8 Å². The number of rotatable bonds is 7. The Morgan fingerprint density at radius 2 is 1.88 bits per heavy atom. The summed E-state index contributed by atoms with van der Waals surface area (Å²) in [6.07, 6.45) is -0.246. The molecule has 6 nitrogen and oxygen atoms in total. The van der Waals surface area contributed by atoms with Crippen molar-refractivity contribution < 1.29 is 36.3 Å². The topological polar surface area (TPSA) is 83.3 Å². The average Bonchev–Trinajstić information content (AvgIpc) is 3.10. The third-order valence-electron chi connectivity index (χ3n) is 5.03. The van der Waals surface area contributed by atoms with E-state index in [1.807, 2.05) is 0 Å². The van der Waals surface area contributed by atoms with Crippen LogP contribution in [0.5, 0.6) is 5.75 Å². The fraction of sp³-hybridized carbons (Fsp3) is 0.304. The minimum absolute atomic E-state index is 0.236. The molecule has 11 heteroatoms. The van der Waals surface area contributed by atoms with E-state index in [9.17, 15) is 31.5 Å². The normalized spacial score (nSPS) is 17.5. The maximum Gasteiger partial charge on any atom is 0.573 e. The summed E-state index contributed by atoms with van der Waals surface area (Å²) < 4.78 is 67.7. The van der Waals surface area contributed by atoms with Crippen LogP contribution >= 0.6 is 0 Å². The van der Waals surface area contributed by atoms with Crippen LogP contribution in [0.3, 0.4) is 0 Å². The lowest BCUT2D eigenvalue weighted by molar-refractivity contribution is -0.274. The smallest absolute Gasteiger partial charge is 0.406 e. The monoisotopic (exact) mass is 479 g/mol. The molecule has 1 aromatic heterocycles. The van der Waals surface area contributed by atoms with Crippen LogP contribution < -0.4 is 4.74 Å². The van der Waals surface area contributed by atoms with E-state index in [2.05, 4.69) is 9.72 Å². The number of benzene rings is 1. The van der Waals surface area contributed by atoms with Gasteiger partial charge in [0.15, 0.2) is 5.78 Å². The number of hydrogen-bond donors (Lipinski definition) is 0. The van der Waals surface area contributed by atoms with Crippen LogP contribution in [0.4, 0.5) is 22.0 Å². The quantitative estimate of drug-likeness (QED) is 0.418. The Hall–Kier alpha value is -3.81. The van der Waals surface area contributed by atoms with Gasteiger partial charge in [-0.05, 0) is 23.8 Å². The average molecular weight is 479 g/mol. The second kappa shape index (κ2) is 9.99. The van der Waals surface area contributed by atoms with E-state index in [-0.39, 0.29) is 24.2 Å². The molecule has 0 spiro atoms. The van der Waals surface area contributed by atoms with Gasteiger partial charge in [-0.3, -0.25) is 14.6 Å². The highest BCUT2D eigenvalue weighted by atomic mass is 19.4. The van der Waals surface area contributed by atoms with E-state index < -0.39 is 43.0 Å². The van der Waals surface area contributed by atoms with Gasteiger partial charge >= 0.3 is 6.36 Å². The molecule has 1 fully saturated rings. The molecular formula is C23H18F5N3O3. The Balaban J connectivity index is 1.65. The standard InChI is InChI=1S/C23H18F5N3O3/c24-22(25)11-17(12-29)31(14-22)21(33)8-7-20(32)19-9-10-30-13-16(19)4-1-15-2-5-18(6-3-15)34-23(26,27)28/h1-6,9-10,13,17H,7-8,11,14H2/b4-1+/t17-/m0/s1. The van der Waals surface area contributed by atoms with Crippen molar-refractivity contribution in [2.75, 3.05) is 6.54 Å². The Bertz CT molecular complexity index is 1120. The summed E-state index contributed by atoms with van der Waals surface area (Å²) >= 11 is 0. The summed E-state index contributed by atoms with van der Waals surface area (Å²) in [5.41, 5.74) is 1.17. The zero-order chi connectivity index (χ0) is 24.9. The van der Waals surface area contributed by atoms with Gasteiger partial charge in [0.25, 0.3) is 5.92 Å². The molecule has 178 valence electrons. The van der Waals surface area contributed by atoms with Crippen molar-refractivity contribution in [3.05, 3.63) is 59.4 Å². The predicted octanol–water partition coefficient (Wildman–Crippen LogP) is 4.87. The molecule has 1 saturated heterocycles. The van der Waals surface area contributed by atoms with Crippen molar-refractivity contribution in [2.45, 2.75) is 37.6 Å². The van der Waals surface area contributed by atoms with Crippen LogP contribution in [-0.4, -0.2) is 46.4 Å². The molecular weight excluding hydrogens is 461 g/mol. The number of nitrogens with zero attached hydrogens (tertiary/aromatic N) is 3. The van der Waals surface area contributed by atoms with Gasteiger partial charge in [-0.1, -0.05) is 24.3 Å². The number of nitriles is 1. The van der Waals surface area contributed by atoms with Gasteiger partial charge in [-0.15, -0.1) is 13.2 Å². The molecule has 1 aliphatic rings. The molecule has 2 aromatic rings. The first-order valence-electron chi connectivity index (χ1n) is 10.1. The highest BCUT2D eigenvalue weighted by Crippen LogP contribution is 2.32. The van der Waals surface area contributed by atoms with Crippen molar-refractivity contribution in [2.24, 2.45) is 0 Å². The number of ether oxygens (including phenoxy) is 1. The Morgan fingerprint density at radius 1 is 1.18 bits per heavy atom. The van der Waals surface area contributed by atoms with Crippen LogP contribution in [0.2, 0.25) is 0 Å². The number of hydrogen-bond acceptors (Lipinski definition) is 5. The first-order chi connectivity index (χ1) is 16.0. The zero-order valence-electron chi connectivity index (χ0n) is 17.6. The first-order valence-corrected chi connectivity index (χ1v) is 10.1. The van der Waals surface area contributed by atoms with E-state index >= 15 is 0 Å². The van der Waals surface area contributed by atoms with Gasteiger partial charge in [0.05, 0.1) is 12.6 Å². The molecule has 1 aliphatic heterocycles. The third kappa shape index (κ3) is 6.60. The fourth-order valence-corrected chi connectivity index (χ4v) is 3.45. The number of carbonyl (C=O) groups is 2. The Kier molecular flexibility index (Phi) is 7.29. The minimum atomic E-state index is -4.80. The highest BCUT2D eigenvalue weighted by molar-refractivity contribution is 6.01. The number of pyridine rings is 1. The molecule has 0 N–H and O–H groups in total. The molecule has 1 amide bonds. The molecule has 1 aromatic carbocycles. The summed E-state index contributed by atoms with van der Waals surface area (Å²) in [6, 6.07) is 6.97. The highest BCUT2D eigenvalue weighted by Gasteiger charge is 2.47. The number of Topliss-reactive ketones (excluding diaryl/α,β-unsaturated/α-hetero) is 1. The summed E-state index contributed by atoms with van der Waals surface area (Å²) in [4.78, 5) is 29.8. The molecule has 1 atom stereocenters. The molecule has 2 heterocycles. The number of alkyl halides is 5. The Morgan fingerprint density at radius 3 is 2.53 bits per heavy atom. The van der Waals surface area contributed by atoms with Gasteiger partial charge in [-0.2, -0.15) is 5.26 Å². The van der Waals surface area contributed by atoms with Crippen LogP contribution in [0.25, 0.3) is 12.2 Å². The molecule has 0 aliphatic carbocycles. The second-order valence-corrected chi connectivity index (χ2v) is 7.56. The summed E-state index contributed by atoms with van der Waals surface area (Å²) in [7, 11) is 0. The van der Waals surface area contributed by atoms with Crippen molar-refractivity contribution in [3.63, 3.8) is 0 Å². The molecule has 3 rings (SSSR count). The van der Waals surface area contributed by atoms with Crippen molar-refractivity contribution in [1.82, 2.24) is 9.88 Å². The van der Waals surface area contributed by atoms with Gasteiger partial charge in [0.1, 0.15) is 11.8 Å². The van der Waals surface area contributed by atoms with Gasteiger partial charge < -0.3 is 9.64 Å². The van der Waals surface area contributed by atoms with Gasteiger partial charge in [0, 0.05) is 42.8 Å². The fourth-order valence-electron chi connectivity index (χ4n) is 3.45. The lowest BCUT2D eigenvalue weighted by atomic mass is 10.0. The van der Waals surface area contributed by atoms with E-state index in [1.54, 1.807) is 12.1 Å². The molecule has 0 unspecified atom stereocenters. The van der Waals surface area contributed by atoms with Crippen molar-refractivity contribution in [1.29, 1.82) is 5.26 Å². The van der Waals surface area contributed by atoms with Crippen LogP contribution in [0.1, 0.15) is 40.7 Å². The lowest BCUT2D eigenvalue weighted by Crippen LogP contribution is -2.36. The maximum atomic E-state index is 13.5. The van der Waals surface area contributed by atoms with E-state index in [1.165, 1.54) is 36.7 Å². The number of amides is 1. The third-order valence-corrected chi connectivity index (χ3v) is 5.03. The SMILES string of the molecule is N#C[C@@H]1CC(F)(F)CN1C(=O)CCC(=O)c1ccncc1/C=C/c1ccc(OC(F)(F)F)cc1. The van der Waals surface area contributed by atoms with E-state index in [4.69, 9.17) is 5.26 Å². The number of likely N-dealkylation sites (tertiary alicyclic amines) is 1.